The molecule has 0 aliphatic carbocycles. The highest BCUT2D eigenvalue weighted by Crippen LogP contribution is 2.38. The highest BCUT2D eigenvalue weighted by Gasteiger charge is 2.44. The number of anilines is 1. The molecule has 4 heterocycles. The van der Waals surface area contributed by atoms with Gasteiger partial charge in [0.1, 0.15) is 5.82 Å². The molecule has 0 N–H and O–H groups in total. The molecule has 2 aromatic rings. The molecule has 154 valence electrons. The van der Waals surface area contributed by atoms with Gasteiger partial charge in [0.2, 0.25) is 5.79 Å². The average Bonchev–Trinajstić information content (AvgIpc) is 3.24. The predicted octanol–water partition coefficient (Wildman–Crippen LogP) is 2.31. The van der Waals surface area contributed by atoms with Crippen LogP contribution in [0.2, 0.25) is 0 Å². The molecule has 3 aliphatic rings. The zero-order chi connectivity index (χ0) is 19.5. The minimum atomic E-state index is -0.552. The fraction of sp³-hybridized carbons (Fsp3) is 0.522. The van der Waals surface area contributed by atoms with Crippen LogP contribution >= 0.6 is 0 Å². The highest BCUT2D eigenvalue weighted by atomic mass is 16.7. The second-order valence-corrected chi connectivity index (χ2v) is 8.19. The normalized spacial score (nSPS) is 22.1. The van der Waals surface area contributed by atoms with Crippen molar-refractivity contribution in [1.29, 1.82) is 0 Å². The van der Waals surface area contributed by atoms with Crippen molar-refractivity contribution in [3.8, 4) is 0 Å². The fourth-order valence-corrected chi connectivity index (χ4v) is 4.83. The lowest BCUT2D eigenvalue weighted by Gasteiger charge is -2.40. The molecule has 1 aromatic carbocycles. The Balaban J connectivity index is 1.12. The number of ether oxygens (including phenoxy) is 2. The van der Waals surface area contributed by atoms with Crippen LogP contribution in [0.1, 0.15) is 17.5 Å². The summed E-state index contributed by atoms with van der Waals surface area (Å²) in [6.45, 7) is 9.72. The minimum Gasteiger partial charge on any atom is -0.354 e. The van der Waals surface area contributed by atoms with E-state index in [9.17, 15) is 0 Å². The van der Waals surface area contributed by atoms with Gasteiger partial charge in [0.25, 0.3) is 0 Å². The number of fused-ring (bicyclic) bond motifs is 2. The third-order valence-corrected chi connectivity index (χ3v) is 6.30. The van der Waals surface area contributed by atoms with E-state index in [-0.39, 0.29) is 0 Å². The van der Waals surface area contributed by atoms with Gasteiger partial charge in [-0.25, -0.2) is 4.98 Å². The van der Waals surface area contributed by atoms with Crippen LogP contribution in [0.4, 0.5) is 5.82 Å². The zero-order valence-electron chi connectivity index (χ0n) is 17.0. The largest absolute Gasteiger partial charge is 0.354 e. The van der Waals surface area contributed by atoms with Gasteiger partial charge in [-0.15, -0.1) is 0 Å². The van der Waals surface area contributed by atoms with Crippen LogP contribution in [0.5, 0.6) is 0 Å². The maximum atomic E-state index is 6.10. The molecule has 6 nitrogen and oxygen atoms in total. The van der Waals surface area contributed by atoms with E-state index in [1.165, 1.54) is 17.5 Å². The number of nitrogens with zero attached hydrogens (tertiary/aromatic N) is 4. The third-order valence-electron chi connectivity index (χ3n) is 6.30. The Morgan fingerprint density at radius 2 is 1.62 bits per heavy atom. The van der Waals surface area contributed by atoms with Gasteiger partial charge < -0.3 is 14.4 Å². The highest BCUT2D eigenvalue weighted by molar-refractivity contribution is 5.38. The third kappa shape index (κ3) is 4.03. The summed E-state index contributed by atoms with van der Waals surface area (Å²) >= 11 is 0. The Bertz CT molecular complexity index is 802. The summed E-state index contributed by atoms with van der Waals surface area (Å²) in [6, 6.07) is 14.7. The second kappa shape index (κ2) is 8.40. The van der Waals surface area contributed by atoms with Crippen molar-refractivity contribution in [2.24, 2.45) is 0 Å². The Morgan fingerprint density at radius 3 is 2.41 bits per heavy atom. The molecule has 1 aromatic heterocycles. The van der Waals surface area contributed by atoms with E-state index >= 15 is 0 Å². The monoisotopic (exact) mass is 394 g/mol. The SMILES string of the molecule is c1ccc(N2CCN(CCCN3Cc4ccccc4C4(C3)OCCO4)CC2)nc1. The van der Waals surface area contributed by atoms with Crippen molar-refractivity contribution in [2.45, 2.75) is 18.8 Å². The van der Waals surface area contributed by atoms with Gasteiger partial charge in [0.15, 0.2) is 0 Å². The van der Waals surface area contributed by atoms with Crippen LogP contribution in [0.15, 0.2) is 48.7 Å². The summed E-state index contributed by atoms with van der Waals surface area (Å²) in [5, 5.41) is 0. The van der Waals surface area contributed by atoms with Crippen LogP contribution in [-0.2, 0) is 21.8 Å². The van der Waals surface area contributed by atoms with Gasteiger partial charge in [0.05, 0.1) is 19.8 Å². The molecule has 6 heteroatoms. The van der Waals surface area contributed by atoms with Crippen LogP contribution in [-0.4, -0.2) is 73.8 Å². The molecule has 0 unspecified atom stereocenters. The molecular formula is C23H30N4O2. The van der Waals surface area contributed by atoms with Crippen LogP contribution in [0.3, 0.4) is 0 Å². The first-order valence-electron chi connectivity index (χ1n) is 10.8. The topological polar surface area (TPSA) is 41.1 Å². The molecule has 0 saturated carbocycles. The molecule has 3 aliphatic heterocycles. The summed E-state index contributed by atoms with van der Waals surface area (Å²) in [7, 11) is 0. The fourth-order valence-electron chi connectivity index (χ4n) is 4.83. The summed E-state index contributed by atoms with van der Waals surface area (Å²) in [5.74, 6) is 0.546. The molecule has 2 fully saturated rings. The molecule has 1 spiro atoms. The van der Waals surface area contributed by atoms with Gasteiger partial charge in [-0.05, 0) is 37.2 Å². The van der Waals surface area contributed by atoms with Crippen LogP contribution in [0.25, 0.3) is 0 Å². The molecule has 0 radical (unpaired) electrons. The molecule has 0 atom stereocenters. The lowest BCUT2D eigenvalue weighted by atomic mass is 9.94. The first-order valence-corrected chi connectivity index (χ1v) is 10.8. The number of aromatic nitrogens is 1. The Hall–Kier alpha value is -1.99. The molecule has 0 amide bonds. The number of benzene rings is 1. The molecule has 29 heavy (non-hydrogen) atoms. The van der Waals surface area contributed by atoms with E-state index in [1.807, 2.05) is 12.3 Å². The van der Waals surface area contributed by atoms with Gasteiger partial charge in [-0.3, -0.25) is 9.80 Å². The predicted molar refractivity (Wildman–Crippen MR) is 113 cm³/mol. The lowest BCUT2D eigenvalue weighted by Crippen LogP contribution is -2.48. The maximum absolute atomic E-state index is 6.10. The average molecular weight is 395 g/mol. The van der Waals surface area contributed by atoms with E-state index in [2.05, 4.69) is 56.1 Å². The van der Waals surface area contributed by atoms with Crippen molar-refractivity contribution in [2.75, 3.05) is 63.9 Å². The molecule has 2 saturated heterocycles. The van der Waals surface area contributed by atoms with E-state index in [0.717, 1.165) is 58.2 Å². The van der Waals surface area contributed by atoms with E-state index in [1.54, 1.807) is 0 Å². The van der Waals surface area contributed by atoms with E-state index in [4.69, 9.17) is 9.47 Å². The quantitative estimate of drug-likeness (QED) is 0.775. The lowest BCUT2D eigenvalue weighted by molar-refractivity contribution is -0.187. The number of hydrogen-bond donors (Lipinski definition) is 0. The first-order chi connectivity index (χ1) is 14.3. The maximum Gasteiger partial charge on any atom is 0.208 e. The van der Waals surface area contributed by atoms with Gasteiger partial charge in [-0.1, -0.05) is 30.3 Å². The summed E-state index contributed by atoms with van der Waals surface area (Å²) in [6.07, 6.45) is 3.05. The Kier molecular flexibility index (Phi) is 5.50. The number of pyridine rings is 1. The number of rotatable bonds is 5. The van der Waals surface area contributed by atoms with Crippen molar-refractivity contribution in [3.63, 3.8) is 0 Å². The van der Waals surface area contributed by atoms with E-state index in [0.29, 0.717) is 13.2 Å². The first kappa shape index (κ1) is 19.0. The summed E-state index contributed by atoms with van der Waals surface area (Å²) in [4.78, 5) is 11.9. The van der Waals surface area contributed by atoms with Crippen LogP contribution < -0.4 is 4.90 Å². The van der Waals surface area contributed by atoms with Crippen molar-refractivity contribution < 1.29 is 9.47 Å². The second-order valence-electron chi connectivity index (χ2n) is 8.19. The standard InChI is InChI=1S/C23H30N4O2/c1-2-7-21-20(6-1)18-26(19-23(21)28-16-17-29-23)11-5-10-25-12-14-27(15-13-25)22-8-3-4-9-24-22/h1-4,6-9H,5,10-19H2. The molecular weight excluding hydrogens is 364 g/mol. The van der Waals surface area contributed by atoms with Gasteiger partial charge in [0, 0.05) is 44.5 Å². The van der Waals surface area contributed by atoms with Crippen molar-refractivity contribution in [1.82, 2.24) is 14.8 Å². The van der Waals surface area contributed by atoms with Crippen molar-refractivity contribution >= 4 is 5.82 Å². The summed E-state index contributed by atoms with van der Waals surface area (Å²) < 4.78 is 12.2. The molecule has 5 rings (SSSR count). The summed E-state index contributed by atoms with van der Waals surface area (Å²) in [5.41, 5.74) is 2.56. The van der Waals surface area contributed by atoms with Gasteiger partial charge in [-0.2, -0.15) is 0 Å². The van der Waals surface area contributed by atoms with Crippen molar-refractivity contribution in [3.05, 3.63) is 59.8 Å². The minimum absolute atomic E-state index is 0.552. The smallest absolute Gasteiger partial charge is 0.208 e. The Morgan fingerprint density at radius 1 is 0.862 bits per heavy atom. The number of piperazine rings is 1. The molecule has 0 bridgehead atoms. The van der Waals surface area contributed by atoms with Gasteiger partial charge >= 0.3 is 0 Å². The van der Waals surface area contributed by atoms with E-state index < -0.39 is 5.79 Å². The Labute approximate surface area is 173 Å². The number of hydrogen-bond acceptors (Lipinski definition) is 6. The van der Waals surface area contributed by atoms with Crippen LogP contribution in [0, 0.1) is 0 Å². The zero-order valence-corrected chi connectivity index (χ0v) is 17.0.